The normalized spacial score (nSPS) is 15.0. The van der Waals surface area contributed by atoms with Gasteiger partial charge in [0.2, 0.25) is 0 Å². The van der Waals surface area contributed by atoms with Crippen LogP contribution in [0, 0.1) is 5.92 Å². The van der Waals surface area contributed by atoms with E-state index in [1.807, 2.05) is 48.5 Å². The summed E-state index contributed by atoms with van der Waals surface area (Å²) < 4.78 is 5.30. The molecular formula is C20H24N2O2. The van der Waals surface area contributed by atoms with Crippen LogP contribution in [0.25, 0.3) is 11.1 Å². The second-order valence-corrected chi connectivity index (χ2v) is 6.18. The molecule has 24 heavy (non-hydrogen) atoms. The van der Waals surface area contributed by atoms with Crippen molar-refractivity contribution in [3.8, 4) is 16.9 Å². The lowest BCUT2D eigenvalue weighted by atomic mass is 9.97. The van der Waals surface area contributed by atoms with Crippen LogP contribution in [0.3, 0.4) is 0 Å². The highest BCUT2D eigenvalue weighted by atomic mass is 16.5. The standard InChI is InChI=1S/C20H24N2O2/c1-24-17-6-4-5-16(13-17)18-7-2-3-8-19(18)20(23)22-14-15-9-11-21-12-10-15/h2-8,13,15,21H,9-12,14H2,1H3,(H,22,23). The lowest BCUT2D eigenvalue weighted by Gasteiger charge is -2.23. The first-order valence-electron chi connectivity index (χ1n) is 8.50. The number of methoxy groups -OCH3 is 1. The molecule has 0 radical (unpaired) electrons. The molecule has 2 aromatic rings. The fraction of sp³-hybridized carbons (Fsp3) is 0.350. The molecule has 3 rings (SSSR count). The van der Waals surface area contributed by atoms with Crippen LogP contribution in [0.4, 0.5) is 0 Å². The molecular weight excluding hydrogens is 300 g/mol. The fourth-order valence-electron chi connectivity index (χ4n) is 3.14. The first kappa shape index (κ1) is 16.5. The van der Waals surface area contributed by atoms with Crippen molar-refractivity contribution in [3.05, 3.63) is 54.1 Å². The summed E-state index contributed by atoms with van der Waals surface area (Å²) in [6.45, 7) is 2.83. The monoisotopic (exact) mass is 324 g/mol. The average molecular weight is 324 g/mol. The fourth-order valence-corrected chi connectivity index (χ4v) is 3.14. The zero-order valence-corrected chi connectivity index (χ0v) is 14.0. The predicted octanol–water partition coefficient (Wildman–Crippen LogP) is 3.09. The van der Waals surface area contributed by atoms with Crippen molar-refractivity contribution in [2.24, 2.45) is 5.92 Å². The van der Waals surface area contributed by atoms with Gasteiger partial charge in [0.05, 0.1) is 7.11 Å². The number of hydrogen-bond donors (Lipinski definition) is 2. The highest BCUT2D eigenvalue weighted by Crippen LogP contribution is 2.27. The minimum absolute atomic E-state index is 0.00745. The zero-order valence-electron chi connectivity index (χ0n) is 14.0. The summed E-state index contributed by atoms with van der Waals surface area (Å²) in [5, 5.41) is 6.46. The molecule has 0 atom stereocenters. The van der Waals surface area contributed by atoms with Gasteiger partial charge in [0.15, 0.2) is 0 Å². The number of carbonyl (C=O) groups is 1. The van der Waals surface area contributed by atoms with Gasteiger partial charge >= 0.3 is 0 Å². The molecule has 0 bridgehead atoms. The molecule has 2 aromatic carbocycles. The quantitative estimate of drug-likeness (QED) is 0.888. The molecule has 4 heteroatoms. The molecule has 1 aliphatic rings. The van der Waals surface area contributed by atoms with Gasteiger partial charge in [-0.2, -0.15) is 0 Å². The number of rotatable bonds is 5. The molecule has 126 valence electrons. The highest BCUT2D eigenvalue weighted by Gasteiger charge is 2.16. The summed E-state index contributed by atoms with van der Waals surface area (Å²) in [6.07, 6.45) is 2.25. The Bertz CT molecular complexity index is 694. The van der Waals surface area contributed by atoms with Gasteiger partial charge in [-0.3, -0.25) is 4.79 Å². The molecule has 0 aromatic heterocycles. The van der Waals surface area contributed by atoms with E-state index < -0.39 is 0 Å². The topological polar surface area (TPSA) is 50.4 Å². The van der Waals surface area contributed by atoms with Crippen molar-refractivity contribution in [2.75, 3.05) is 26.7 Å². The van der Waals surface area contributed by atoms with Crippen LogP contribution in [-0.2, 0) is 0 Å². The Morgan fingerprint density at radius 3 is 2.75 bits per heavy atom. The summed E-state index contributed by atoms with van der Waals surface area (Å²) in [7, 11) is 1.65. The molecule has 4 nitrogen and oxygen atoms in total. The largest absolute Gasteiger partial charge is 0.497 e. The minimum atomic E-state index is -0.00745. The van der Waals surface area contributed by atoms with Crippen LogP contribution in [0.2, 0.25) is 0 Å². The van der Waals surface area contributed by atoms with Crippen molar-refractivity contribution >= 4 is 5.91 Å². The van der Waals surface area contributed by atoms with E-state index in [-0.39, 0.29) is 5.91 Å². The third kappa shape index (κ3) is 3.95. The van der Waals surface area contributed by atoms with Gasteiger partial charge in [0.25, 0.3) is 5.91 Å². The number of amides is 1. The van der Waals surface area contributed by atoms with Gasteiger partial charge in [0.1, 0.15) is 5.75 Å². The molecule has 1 amide bonds. The van der Waals surface area contributed by atoms with Crippen LogP contribution in [-0.4, -0.2) is 32.7 Å². The number of hydrogen-bond acceptors (Lipinski definition) is 3. The Kier molecular flexibility index (Phi) is 5.49. The van der Waals surface area contributed by atoms with Crippen LogP contribution in [0.5, 0.6) is 5.75 Å². The Hall–Kier alpha value is -2.33. The van der Waals surface area contributed by atoms with E-state index in [9.17, 15) is 4.79 Å². The number of benzene rings is 2. The first-order valence-corrected chi connectivity index (χ1v) is 8.50. The number of piperidine rings is 1. The van der Waals surface area contributed by atoms with Crippen LogP contribution >= 0.6 is 0 Å². The van der Waals surface area contributed by atoms with Gasteiger partial charge in [-0.05, 0) is 61.2 Å². The summed E-state index contributed by atoms with van der Waals surface area (Å²) in [4.78, 5) is 12.7. The average Bonchev–Trinajstić information content (AvgIpc) is 2.67. The Balaban J connectivity index is 1.76. The van der Waals surface area contributed by atoms with Crippen molar-refractivity contribution in [1.29, 1.82) is 0 Å². The molecule has 1 heterocycles. The van der Waals surface area contributed by atoms with E-state index >= 15 is 0 Å². The van der Waals surface area contributed by atoms with Gasteiger partial charge in [-0.1, -0.05) is 30.3 Å². The third-order valence-corrected chi connectivity index (χ3v) is 4.56. The second kappa shape index (κ2) is 7.97. The Morgan fingerprint density at radius 2 is 1.96 bits per heavy atom. The van der Waals surface area contributed by atoms with Crippen molar-refractivity contribution in [3.63, 3.8) is 0 Å². The summed E-state index contributed by atoms with van der Waals surface area (Å²) in [6, 6.07) is 15.5. The van der Waals surface area contributed by atoms with E-state index in [1.54, 1.807) is 7.11 Å². The zero-order chi connectivity index (χ0) is 16.8. The molecule has 0 unspecified atom stereocenters. The van der Waals surface area contributed by atoms with Gasteiger partial charge in [0, 0.05) is 12.1 Å². The highest BCUT2D eigenvalue weighted by molar-refractivity contribution is 6.00. The molecule has 1 fully saturated rings. The lowest BCUT2D eigenvalue weighted by molar-refractivity contribution is 0.0945. The Labute approximate surface area is 143 Å². The van der Waals surface area contributed by atoms with E-state index in [0.29, 0.717) is 11.5 Å². The SMILES string of the molecule is COc1cccc(-c2ccccc2C(=O)NCC2CCNCC2)c1. The molecule has 1 saturated heterocycles. The summed E-state index contributed by atoms with van der Waals surface area (Å²) in [5.74, 6) is 1.35. The van der Waals surface area contributed by atoms with E-state index in [1.165, 1.54) is 0 Å². The van der Waals surface area contributed by atoms with Crippen LogP contribution in [0.15, 0.2) is 48.5 Å². The summed E-state index contributed by atoms with van der Waals surface area (Å²) in [5.41, 5.74) is 2.63. The number of ether oxygens (including phenoxy) is 1. The van der Waals surface area contributed by atoms with Crippen molar-refractivity contribution < 1.29 is 9.53 Å². The van der Waals surface area contributed by atoms with Crippen molar-refractivity contribution in [2.45, 2.75) is 12.8 Å². The van der Waals surface area contributed by atoms with Gasteiger partial charge < -0.3 is 15.4 Å². The van der Waals surface area contributed by atoms with Gasteiger partial charge in [-0.25, -0.2) is 0 Å². The second-order valence-electron chi connectivity index (χ2n) is 6.18. The smallest absolute Gasteiger partial charge is 0.251 e. The molecule has 2 N–H and O–H groups in total. The number of carbonyl (C=O) groups excluding carboxylic acids is 1. The molecule has 0 aliphatic carbocycles. The summed E-state index contributed by atoms with van der Waals surface area (Å²) >= 11 is 0. The van der Waals surface area contributed by atoms with Crippen LogP contribution < -0.4 is 15.4 Å². The number of nitrogens with one attached hydrogen (secondary N) is 2. The molecule has 1 aliphatic heterocycles. The van der Waals surface area contributed by atoms with E-state index in [0.717, 1.165) is 49.4 Å². The maximum absolute atomic E-state index is 12.7. The van der Waals surface area contributed by atoms with Gasteiger partial charge in [-0.15, -0.1) is 0 Å². The first-order chi connectivity index (χ1) is 11.8. The molecule has 0 saturated carbocycles. The lowest BCUT2D eigenvalue weighted by Crippen LogP contribution is -2.36. The van der Waals surface area contributed by atoms with Crippen molar-refractivity contribution in [1.82, 2.24) is 10.6 Å². The maximum atomic E-state index is 12.7. The molecule has 0 spiro atoms. The minimum Gasteiger partial charge on any atom is -0.497 e. The Morgan fingerprint density at radius 1 is 1.17 bits per heavy atom. The predicted molar refractivity (Wildman–Crippen MR) is 96.4 cm³/mol. The van der Waals surface area contributed by atoms with E-state index in [4.69, 9.17) is 4.74 Å². The third-order valence-electron chi connectivity index (χ3n) is 4.56. The maximum Gasteiger partial charge on any atom is 0.251 e. The van der Waals surface area contributed by atoms with Crippen LogP contribution in [0.1, 0.15) is 23.2 Å². The van der Waals surface area contributed by atoms with E-state index in [2.05, 4.69) is 10.6 Å².